The summed E-state index contributed by atoms with van der Waals surface area (Å²) >= 11 is 1.77. The molecule has 3 N–H and O–H groups in total. The Bertz CT molecular complexity index is 421. The maximum atomic E-state index is 5.90. The van der Waals surface area contributed by atoms with Crippen molar-refractivity contribution in [3.8, 4) is 0 Å². The molecular formula is C15H27IN4OS. The molecule has 1 aromatic heterocycles. The monoisotopic (exact) mass is 438 g/mol. The van der Waals surface area contributed by atoms with Gasteiger partial charge in [-0.3, -0.25) is 9.89 Å². The Labute approximate surface area is 154 Å². The molecule has 1 fully saturated rings. The molecule has 5 nitrogen and oxygen atoms in total. The lowest BCUT2D eigenvalue weighted by Gasteiger charge is -2.26. The number of aliphatic imine (C=N–C) groups is 1. The molecule has 1 aromatic rings. The fourth-order valence-electron chi connectivity index (χ4n) is 2.30. The van der Waals surface area contributed by atoms with Crippen LogP contribution in [0.5, 0.6) is 0 Å². The number of nitrogens with two attached hydrogens (primary N) is 1. The van der Waals surface area contributed by atoms with E-state index in [4.69, 9.17) is 10.5 Å². The molecule has 1 unspecified atom stereocenters. The van der Waals surface area contributed by atoms with Gasteiger partial charge in [-0.2, -0.15) is 0 Å². The lowest BCUT2D eigenvalue weighted by molar-refractivity contribution is 0.0376. The first-order valence-electron chi connectivity index (χ1n) is 7.63. The first-order valence-corrected chi connectivity index (χ1v) is 8.51. The van der Waals surface area contributed by atoms with Gasteiger partial charge < -0.3 is 15.8 Å². The number of hydrogen-bond acceptors (Lipinski definition) is 4. The molecule has 2 rings (SSSR count). The molecule has 22 heavy (non-hydrogen) atoms. The van der Waals surface area contributed by atoms with Crippen LogP contribution in [0, 0.1) is 0 Å². The van der Waals surface area contributed by atoms with E-state index in [2.05, 4.69) is 39.6 Å². The van der Waals surface area contributed by atoms with Crippen molar-refractivity contribution in [2.24, 2.45) is 10.7 Å². The number of rotatable bonds is 7. The highest BCUT2D eigenvalue weighted by molar-refractivity contribution is 14.0. The van der Waals surface area contributed by atoms with Crippen molar-refractivity contribution >= 4 is 41.3 Å². The summed E-state index contributed by atoms with van der Waals surface area (Å²) in [5.74, 6) is 0.985. The first-order chi connectivity index (χ1) is 10.3. The fraction of sp³-hybridized carbons (Fsp3) is 0.667. The number of halogens is 1. The van der Waals surface area contributed by atoms with Gasteiger partial charge in [-0.15, -0.1) is 35.3 Å². The molecule has 0 saturated carbocycles. The molecule has 1 atom stereocenters. The van der Waals surface area contributed by atoms with Gasteiger partial charge in [-0.25, -0.2) is 0 Å². The topological polar surface area (TPSA) is 62.9 Å². The van der Waals surface area contributed by atoms with Crippen molar-refractivity contribution < 1.29 is 4.74 Å². The first kappa shape index (κ1) is 19.7. The molecule has 0 aliphatic carbocycles. The van der Waals surface area contributed by atoms with E-state index in [0.717, 1.165) is 52.4 Å². The molecule has 0 radical (unpaired) electrons. The number of thiophene rings is 1. The van der Waals surface area contributed by atoms with Crippen LogP contribution in [0.4, 0.5) is 0 Å². The van der Waals surface area contributed by atoms with E-state index >= 15 is 0 Å². The second-order valence-electron chi connectivity index (χ2n) is 5.38. The largest absolute Gasteiger partial charge is 0.379 e. The van der Waals surface area contributed by atoms with Crippen molar-refractivity contribution in [3.63, 3.8) is 0 Å². The van der Waals surface area contributed by atoms with E-state index in [1.165, 1.54) is 4.88 Å². The van der Waals surface area contributed by atoms with Gasteiger partial charge in [0.05, 0.1) is 19.8 Å². The number of ether oxygens (including phenoxy) is 1. The zero-order valence-corrected chi connectivity index (χ0v) is 16.3. The van der Waals surface area contributed by atoms with Gasteiger partial charge in [0.25, 0.3) is 0 Å². The molecule has 7 heteroatoms. The highest BCUT2D eigenvalue weighted by Crippen LogP contribution is 2.20. The molecule has 1 aliphatic rings. The quantitative estimate of drug-likeness (QED) is 0.296. The fourth-order valence-corrected chi connectivity index (χ4v) is 3.07. The molecular weight excluding hydrogens is 411 g/mol. The van der Waals surface area contributed by atoms with Gasteiger partial charge in [0, 0.05) is 30.4 Å². The van der Waals surface area contributed by atoms with Crippen molar-refractivity contribution in [1.29, 1.82) is 0 Å². The Hall–Kier alpha value is -0.380. The number of guanidine groups is 1. The van der Waals surface area contributed by atoms with Crippen LogP contribution < -0.4 is 11.1 Å². The van der Waals surface area contributed by atoms with Gasteiger partial charge in [-0.05, 0) is 24.4 Å². The average Bonchev–Trinajstić information content (AvgIpc) is 3.05. The predicted molar refractivity (Wildman–Crippen MR) is 105 cm³/mol. The molecule has 126 valence electrons. The minimum Gasteiger partial charge on any atom is -0.379 e. The molecule has 0 amide bonds. The number of nitrogens with one attached hydrogen (secondary N) is 1. The van der Waals surface area contributed by atoms with Crippen LogP contribution in [0.3, 0.4) is 0 Å². The van der Waals surface area contributed by atoms with Crippen LogP contribution in [0.25, 0.3) is 0 Å². The standard InChI is InChI=1S/C15H26N4OS.HI/c1-13(14-4-2-11-21-14)12-18-15(16)17-5-3-6-19-7-9-20-10-8-19;/h2,4,11,13H,3,5-10,12H2,1H3,(H3,16,17,18);1H. The summed E-state index contributed by atoms with van der Waals surface area (Å²) in [6.45, 7) is 8.69. The third kappa shape index (κ3) is 7.26. The molecule has 0 bridgehead atoms. The minimum absolute atomic E-state index is 0. The van der Waals surface area contributed by atoms with E-state index in [1.54, 1.807) is 11.3 Å². The Morgan fingerprint density at radius 2 is 2.27 bits per heavy atom. The van der Waals surface area contributed by atoms with Gasteiger partial charge in [0.15, 0.2) is 5.96 Å². The molecule has 1 aliphatic heterocycles. The molecule has 2 heterocycles. The number of nitrogens with zero attached hydrogens (tertiary/aromatic N) is 2. The molecule has 1 saturated heterocycles. The summed E-state index contributed by atoms with van der Waals surface area (Å²) < 4.78 is 5.33. The zero-order valence-electron chi connectivity index (χ0n) is 13.2. The lowest BCUT2D eigenvalue weighted by Crippen LogP contribution is -2.39. The van der Waals surface area contributed by atoms with E-state index in [1.807, 2.05) is 0 Å². The van der Waals surface area contributed by atoms with Crippen molar-refractivity contribution in [2.45, 2.75) is 19.3 Å². The Morgan fingerprint density at radius 1 is 1.50 bits per heavy atom. The van der Waals surface area contributed by atoms with E-state index in [-0.39, 0.29) is 24.0 Å². The SMILES string of the molecule is CC(CN=C(N)NCCCN1CCOCC1)c1cccs1.I. The highest BCUT2D eigenvalue weighted by Gasteiger charge is 2.09. The van der Waals surface area contributed by atoms with Crippen LogP contribution in [-0.4, -0.2) is 56.8 Å². The smallest absolute Gasteiger partial charge is 0.188 e. The van der Waals surface area contributed by atoms with Crippen molar-refractivity contribution in [2.75, 3.05) is 45.9 Å². The van der Waals surface area contributed by atoms with Gasteiger partial charge in [-0.1, -0.05) is 13.0 Å². The minimum atomic E-state index is 0. The third-order valence-electron chi connectivity index (χ3n) is 3.63. The summed E-state index contributed by atoms with van der Waals surface area (Å²) in [4.78, 5) is 8.21. The average molecular weight is 438 g/mol. The van der Waals surface area contributed by atoms with E-state index < -0.39 is 0 Å². The summed E-state index contributed by atoms with van der Waals surface area (Å²) in [6, 6.07) is 4.23. The Balaban J connectivity index is 0.00000242. The zero-order chi connectivity index (χ0) is 14.9. The van der Waals surface area contributed by atoms with Crippen LogP contribution in [0.1, 0.15) is 24.1 Å². The maximum Gasteiger partial charge on any atom is 0.188 e. The van der Waals surface area contributed by atoms with Crippen molar-refractivity contribution in [1.82, 2.24) is 10.2 Å². The lowest BCUT2D eigenvalue weighted by atomic mass is 10.1. The summed E-state index contributed by atoms with van der Waals surface area (Å²) in [5, 5.41) is 5.30. The summed E-state index contributed by atoms with van der Waals surface area (Å²) in [5.41, 5.74) is 5.90. The van der Waals surface area contributed by atoms with Gasteiger partial charge in [0.2, 0.25) is 0 Å². The van der Waals surface area contributed by atoms with Crippen molar-refractivity contribution in [3.05, 3.63) is 22.4 Å². The number of hydrogen-bond donors (Lipinski definition) is 2. The molecule has 0 spiro atoms. The number of morpholine rings is 1. The normalized spacial score (nSPS) is 17.8. The van der Waals surface area contributed by atoms with Crippen LogP contribution in [0.15, 0.2) is 22.5 Å². The maximum absolute atomic E-state index is 5.90. The summed E-state index contributed by atoms with van der Waals surface area (Å²) in [6.07, 6.45) is 1.08. The molecule has 0 aromatic carbocycles. The van der Waals surface area contributed by atoms with Gasteiger partial charge >= 0.3 is 0 Å². The summed E-state index contributed by atoms with van der Waals surface area (Å²) in [7, 11) is 0. The Kier molecular flexibility index (Phi) is 10.0. The van der Waals surface area contributed by atoms with Gasteiger partial charge in [0.1, 0.15) is 0 Å². The third-order valence-corrected chi connectivity index (χ3v) is 4.73. The van der Waals surface area contributed by atoms with E-state index in [0.29, 0.717) is 11.9 Å². The van der Waals surface area contributed by atoms with E-state index in [9.17, 15) is 0 Å². The second-order valence-corrected chi connectivity index (χ2v) is 6.36. The second kappa shape index (κ2) is 11.2. The van der Waals surface area contributed by atoms with Crippen LogP contribution in [0.2, 0.25) is 0 Å². The van der Waals surface area contributed by atoms with Crippen LogP contribution in [-0.2, 0) is 4.74 Å². The highest BCUT2D eigenvalue weighted by atomic mass is 127. The van der Waals surface area contributed by atoms with Crippen LogP contribution >= 0.6 is 35.3 Å². The Morgan fingerprint density at radius 3 is 2.95 bits per heavy atom. The predicted octanol–water partition coefficient (Wildman–Crippen LogP) is 2.10.